The fourth-order valence-electron chi connectivity index (χ4n) is 2.07. The van der Waals surface area contributed by atoms with Crippen molar-refractivity contribution < 1.29 is 9.84 Å². The lowest BCUT2D eigenvalue weighted by Crippen LogP contribution is -2.36. The molecule has 0 aliphatic carbocycles. The predicted molar refractivity (Wildman–Crippen MR) is 68.7 cm³/mol. The van der Waals surface area contributed by atoms with Gasteiger partial charge in [-0.15, -0.1) is 0 Å². The number of phenolic OH excluding ortho intramolecular Hbond substituents is 1. The van der Waals surface area contributed by atoms with Gasteiger partial charge in [0.2, 0.25) is 0 Å². The number of ether oxygens (including phenoxy) is 1. The molecule has 94 valence electrons. The summed E-state index contributed by atoms with van der Waals surface area (Å²) in [5.74, 6) is 0.305. The Morgan fingerprint density at radius 1 is 1.29 bits per heavy atom. The topological polar surface area (TPSA) is 32.7 Å². The van der Waals surface area contributed by atoms with Crippen LogP contribution in [0.4, 0.5) is 0 Å². The van der Waals surface area contributed by atoms with Crippen LogP contribution in [0.15, 0.2) is 18.2 Å². The van der Waals surface area contributed by atoms with Crippen LogP contribution in [0.3, 0.4) is 0 Å². The molecule has 1 heterocycles. The number of hydrogen-bond donors (Lipinski definition) is 1. The van der Waals surface area contributed by atoms with Crippen LogP contribution in [0.2, 0.25) is 5.02 Å². The number of halogens is 1. The molecule has 0 unspecified atom stereocenters. The monoisotopic (exact) mass is 255 g/mol. The van der Waals surface area contributed by atoms with Crippen LogP contribution in [0.25, 0.3) is 0 Å². The summed E-state index contributed by atoms with van der Waals surface area (Å²) in [6, 6.07) is 5.33. The average molecular weight is 256 g/mol. The Labute approximate surface area is 107 Å². The van der Waals surface area contributed by atoms with E-state index in [0.717, 1.165) is 51.3 Å². The molecule has 17 heavy (non-hydrogen) atoms. The number of nitrogens with zero attached hydrogens (tertiary/aromatic N) is 1. The third-order valence-electron chi connectivity index (χ3n) is 3.07. The number of hydrogen-bond acceptors (Lipinski definition) is 3. The molecular formula is C13H18ClNO2. The third-order valence-corrected chi connectivity index (χ3v) is 3.31. The number of aryl methyl sites for hydroxylation is 1. The van der Waals surface area contributed by atoms with Gasteiger partial charge in [-0.2, -0.15) is 0 Å². The molecule has 1 aromatic carbocycles. The van der Waals surface area contributed by atoms with Crippen molar-refractivity contribution >= 4 is 11.6 Å². The Morgan fingerprint density at radius 2 is 2.06 bits per heavy atom. The fraction of sp³-hybridized carbons (Fsp3) is 0.538. The highest BCUT2D eigenvalue weighted by atomic mass is 35.5. The van der Waals surface area contributed by atoms with Crippen molar-refractivity contribution in [3.05, 3.63) is 28.8 Å². The molecule has 1 aliphatic heterocycles. The summed E-state index contributed by atoms with van der Waals surface area (Å²) in [6.07, 6.45) is 1.94. The minimum Gasteiger partial charge on any atom is -0.508 e. The smallest absolute Gasteiger partial charge is 0.120 e. The number of morpholine rings is 1. The highest BCUT2D eigenvalue weighted by Gasteiger charge is 2.10. The molecule has 1 fully saturated rings. The number of aromatic hydroxyl groups is 1. The van der Waals surface area contributed by atoms with Gasteiger partial charge in [-0.25, -0.2) is 0 Å². The van der Waals surface area contributed by atoms with Crippen LogP contribution in [-0.2, 0) is 11.2 Å². The van der Waals surface area contributed by atoms with E-state index >= 15 is 0 Å². The lowest BCUT2D eigenvalue weighted by atomic mass is 10.1. The van der Waals surface area contributed by atoms with Gasteiger partial charge in [0, 0.05) is 18.1 Å². The summed E-state index contributed by atoms with van der Waals surface area (Å²) in [5.41, 5.74) is 0.975. The van der Waals surface area contributed by atoms with Gasteiger partial charge in [0.1, 0.15) is 5.75 Å². The second-order valence-electron chi connectivity index (χ2n) is 4.33. The quantitative estimate of drug-likeness (QED) is 0.896. The zero-order chi connectivity index (χ0) is 12.1. The van der Waals surface area contributed by atoms with Gasteiger partial charge in [-0.3, -0.25) is 4.90 Å². The summed E-state index contributed by atoms with van der Waals surface area (Å²) >= 11 is 5.79. The zero-order valence-electron chi connectivity index (χ0n) is 9.86. The van der Waals surface area contributed by atoms with Crippen molar-refractivity contribution in [3.63, 3.8) is 0 Å². The van der Waals surface area contributed by atoms with Crippen LogP contribution in [0.1, 0.15) is 12.0 Å². The van der Waals surface area contributed by atoms with Crippen LogP contribution in [-0.4, -0.2) is 42.9 Å². The van der Waals surface area contributed by atoms with E-state index in [9.17, 15) is 5.11 Å². The molecule has 1 aromatic rings. The Bertz CT molecular complexity index is 364. The molecule has 1 saturated heterocycles. The summed E-state index contributed by atoms with van der Waals surface area (Å²) in [4.78, 5) is 2.40. The van der Waals surface area contributed by atoms with Crippen molar-refractivity contribution in [2.24, 2.45) is 0 Å². The van der Waals surface area contributed by atoms with Crippen LogP contribution >= 0.6 is 11.6 Å². The van der Waals surface area contributed by atoms with Crippen molar-refractivity contribution in [2.75, 3.05) is 32.8 Å². The van der Waals surface area contributed by atoms with Crippen molar-refractivity contribution in [2.45, 2.75) is 12.8 Å². The van der Waals surface area contributed by atoms with Gasteiger partial charge < -0.3 is 9.84 Å². The maximum absolute atomic E-state index is 9.71. The Morgan fingerprint density at radius 3 is 2.76 bits per heavy atom. The van der Waals surface area contributed by atoms with E-state index in [0.29, 0.717) is 10.8 Å². The maximum atomic E-state index is 9.71. The number of phenols is 1. The first-order valence-electron chi connectivity index (χ1n) is 6.03. The third kappa shape index (κ3) is 3.87. The molecule has 1 aliphatic rings. The van der Waals surface area contributed by atoms with Crippen molar-refractivity contribution in [3.8, 4) is 5.75 Å². The molecule has 0 radical (unpaired) electrons. The first-order chi connectivity index (χ1) is 8.25. The Hall–Kier alpha value is -0.770. The highest BCUT2D eigenvalue weighted by Crippen LogP contribution is 2.23. The second-order valence-corrected chi connectivity index (χ2v) is 4.77. The molecule has 0 bridgehead atoms. The second kappa shape index (κ2) is 6.24. The van der Waals surface area contributed by atoms with Gasteiger partial charge in [0.25, 0.3) is 0 Å². The van der Waals surface area contributed by atoms with Crippen molar-refractivity contribution in [1.29, 1.82) is 0 Å². The summed E-state index contributed by atoms with van der Waals surface area (Å²) < 4.78 is 5.30. The molecule has 0 atom stereocenters. The van der Waals surface area contributed by atoms with Gasteiger partial charge in [0.15, 0.2) is 0 Å². The minimum atomic E-state index is 0.305. The van der Waals surface area contributed by atoms with E-state index in [1.54, 1.807) is 6.07 Å². The lowest BCUT2D eigenvalue weighted by Gasteiger charge is -2.26. The molecule has 1 N–H and O–H groups in total. The van der Waals surface area contributed by atoms with Gasteiger partial charge in [-0.05, 0) is 37.1 Å². The molecule has 0 amide bonds. The van der Waals surface area contributed by atoms with Gasteiger partial charge in [0.05, 0.1) is 13.2 Å². The first-order valence-corrected chi connectivity index (χ1v) is 6.41. The molecule has 0 spiro atoms. The average Bonchev–Trinajstić information content (AvgIpc) is 2.33. The predicted octanol–water partition coefficient (Wildman–Crippen LogP) is 2.31. The zero-order valence-corrected chi connectivity index (χ0v) is 10.6. The molecule has 4 heteroatoms. The Kier molecular flexibility index (Phi) is 4.66. The summed E-state index contributed by atoms with van der Waals surface area (Å²) in [7, 11) is 0. The van der Waals surface area contributed by atoms with E-state index < -0.39 is 0 Å². The standard InChI is InChI=1S/C13H18ClNO2/c14-12-4-3-11(13(16)10-12)2-1-5-15-6-8-17-9-7-15/h3-4,10,16H,1-2,5-9H2. The SMILES string of the molecule is Oc1cc(Cl)ccc1CCCN1CCOCC1. The van der Waals surface area contributed by atoms with Crippen LogP contribution in [0, 0.1) is 0 Å². The first kappa shape index (κ1) is 12.7. The number of rotatable bonds is 4. The molecule has 3 nitrogen and oxygen atoms in total. The molecule has 0 saturated carbocycles. The molecule has 0 aromatic heterocycles. The van der Waals surface area contributed by atoms with E-state index in [1.165, 1.54) is 0 Å². The highest BCUT2D eigenvalue weighted by molar-refractivity contribution is 6.30. The maximum Gasteiger partial charge on any atom is 0.120 e. The normalized spacial score (nSPS) is 17.2. The van der Waals surface area contributed by atoms with Gasteiger partial charge in [-0.1, -0.05) is 17.7 Å². The molecule has 2 rings (SSSR count). The molecular weight excluding hydrogens is 238 g/mol. The summed E-state index contributed by atoms with van der Waals surface area (Å²) in [5, 5.41) is 10.3. The van der Waals surface area contributed by atoms with E-state index in [2.05, 4.69) is 4.90 Å². The van der Waals surface area contributed by atoms with Gasteiger partial charge >= 0.3 is 0 Å². The summed E-state index contributed by atoms with van der Waals surface area (Å²) in [6.45, 7) is 4.78. The fourth-order valence-corrected chi connectivity index (χ4v) is 2.23. The van der Waals surface area contributed by atoms with Crippen molar-refractivity contribution in [1.82, 2.24) is 4.90 Å². The van der Waals surface area contributed by atoms with Crippen LogP contribution < -0.4 is 0 Å². The number of benzene rings is 1. The largest absolute Gasteiger partial charge is 0.508 e. The lowest BCUT2D eigenvalue weighted by molar-refractivity contribution is 0.0374. The van der Waals surface area contributed by atoms with E-state index in [4.69, 9.17) is 16.3 Å². The van der Waals surface area contributed by atoms with Crippen LogP contribution in [0.5, 0.6) is 5.75 Å². The Balaban J connectivity index is 1.77. The van der Waals surface area contributed by atoms with E-state index in [-0.39, 0.29) is 0 Å². The van der Waals surface area contributed by atoms with E-state index in [1.807, 2.05) is 12.1 Å². The minimum absolute atomic E-state index is 0.305.